The van der Waals surface area contributed by atoms with Crippen LogP contribution in [0.2, 0.25) is 0 Å². The van der Waals surface area contributed by atoms with Crippen LogP contribution in [0.4, 0.5) is 0 Å². The molecular formula is C16H12N2O2. The average Bonchev–Trinajstić information content (AvgIpc) is 2.99. The van der Waals surface area contributed by atoms with Crippen molar-refractivity contribution in [2.45, 2.75) is 6.92 Å². The molecule has 98 valence electrons. The van der Waals surface area contributed by atoms with Crippen LogP contribution < -0.4 is 0 Å². The third-order valence-corrected chi connectivity index (χ3v) is 3.27. The number of carbonyl (C=O) groups is 2. The zero-order chi connectivity index (χ0) is 14.1. The van der Waals surface area contributed by atoms with Crippen molar-refractivity contribution in [1.82, 2.24) is 9.55 Å². The van der Waals surface area contributed by atoms with E-state index in [0.717, 1.165) is 10.8 Å². The summed E-state index contributed by atoms with van der Waals surface area (Å²) in [6.07, 6.45) is 4.63. The first-order valence-electron chi connectivity index (χ1n) is 6.24. The standard InChI is InChI=1S/C16H12N2O2/c1-11(19)12-6-7-15(14-5-3-2-4-13(12)14)16(20)18-9-8-17-10-18/h2-10H,1H3. The van der Waals surface area contributed by atoms with Gasteiger partial charge in [-0.15, -0.1) is 0 Å². The van der Waals surface area contributed by atoms with Gasteiger partial charge in [0, 0.05) is 23.5 Å². The first-order valence-corrected chi connectivity index (χ1v) is 6.24. The highest BCUT2D eigenvalue weighted by molar-refractivity contribution is 6.14. The van der Waals surface area contributed by atoms with E-state index in [-0.39, 0.29) is 11.7 Å². The van der Waals surface area contributed by atoms with Crippen molar-refractivity contribution < 1.29 is 9.59 Å². The van der Waals surface area contributed by atoms with Gasteiger partial charge in [0.05, 0.1) is 0 Å². The summed E-state index contributed by atoms with van der Waals surface area (Å²) in [6.45, 7) is 1.53. The van der Waals surface area contributed by atoms with Gasteiger partial charge in [-0.25, -0.2) is 4.98 Å². The van der Waals surface area contributed by atoms with Gasteiger partial charge in [0.15, 0.2) is 5.78 Å². The van der Waals surface area contributed by atoms with E-state index in [1.807, 2.05) is 24.3 Å². The van der Waals surface area contributed by atoms with Crippen LogP contribution in [-0.4, -0.2) is 21.2 Å². The zero-order valence-electron chi connectivity index (χ0n) is 10.9. The molecule has 3 aromatic rings. The molecule has 0 saturated heterocycles. The quantitative estimate of drug-likeness (QED) is 0.669. The summed E-state index contributed by atoms with van der Waals surface area (Å²) in [7, 11) is 0. The lowest BCUT2D eigenvalue weighted by Gasteiger charge is -2.09. The molecule has 1 heterocycles. The monoisotopic (exact) mass is 264 g/mol. The zero-order valence-corrected chi connectivity index (χ0v) is 10.9. The minimum atomic E-state index is -0.159. The largest absolute Gasteiger partial charge is 0.294 e. The van der Waals surface area contributed by atoms with Crippen molar-refractivity contribution in [3.8, 4) is 0 Å². The molecule has 0 radical (unpaired) electrons. The summed E-state index contributed by atoms with van der Waals surface area (Å²) in [5.74, 6) is -0.170. The molecule has 0 spiro atoms. The van der Waals surface area contributed by atoms with Crippen molar-refractivity contribution >= 4 is 22.5 Å². The Labute approximate surface area is 115 Å². The Morgan fingerprint density at radius 3 is 2.25 bits per heavy atom. The molecule has 3 rings (SSSR count). The molecule has 4 heteroatoms. The van der Waals surface area contributed by atoms with Gasteiger partial charge in [-0.1, -0.05) is 24.3 Å². The van der Waals surface area contributed by atoms with Crippen LogP contribution in [0.25, 0.3) is 10.8 Å². The molecule has 0 bridgehead atoms. The number of carbonyl (C=O) groups excluding carboxylic acids is 2. The number of rotatable bonds is 2. The highest BCUT2D eigenvalue weighted by atomic mass is 16.2. The minimum Gasteiger partial charge on any atom is -0.294 e. The molecule has 0 atom stereocenters. The van der Waals surface area contributed by atoms with Crippen molar-refractivity contribution in [3.63, 3.8) is 0 Å². The smallest absolute Gasteiger partial charge is 0.263 e. The molecule has 20 heavy (non-hydrogen) atoms. The summed E-state index contributed by atoms with van der Waals surface area (Å²) >= 11 is 0. The van der Waals surface area contributed by atoms with Crippen LogP contribution in [0, 0.1) is 0 Å². The van der Waals surface area contributed by atoms with Gasteiger partial charge >= 0.3 is 0 Å². The maximum Gasteiger partial charge on any atom is 0.263 e. The molecular weight excluding hydrogens is 252 g/mol. The maximum atomic E-state index is 12.4. The topological polar surface area (TPSA) is 52.0 Å². The Morgan fingerprint density at radius 1 is 1.00 bits per heavy atom. The molecule has 0 aliphatic heterocycles. The van der Waals surface area contributed by atoms with Crippen molar-refractivity contribution in [2.24, 2.45) is 0 Å². The number of hydrogen-bond donors (Lipinski definition) is 0. The molecule has 1 aromatic heterocycles. The van der Waals surface area contributed by atoms with Crippen LogP contribution >= 0.6 is 0 Å². The number of ketones is 1. The lowest BCUT2D eigenvalue weighted by molar-refractivity contribution is 0.0959. The molecule has 0 aliphatic rings. The van der Waals surface area contributed by atoms with Crippen LogP contribution in [0.1, 0.15) is 27.6 Å². The van der Waals surface area contributed by atoms with Crippen LogP contribution in [0.15, 0.2) is 55.1 Å². The third kappa shape index (κ3) is 1.91. The minimum absolute atomic E-state index is 0.0113. The van der Waals surface area contributed by atoms with Gasteiger partial charge in [-0.2, -0.15) is 0 Å². The van der Waals surface area contributed by atoms with Gasteiger partial charge in [0.2, 0.25) is 0 Å². The number of hydrogen-bond acceptors (Lipinski definition) is 3. The van der Waals surface area contributed by atoms with E-state index in [4.69, 9.17) is 0 Å². The molecule has 0 unspecified atom stereocenters. The Balaban J connectivity index is 2.26. The average molecular weight is 264 g/mol. The van der Waals surface area contributed by atoms with Crippen molar-refractivity contribution in [2.75, 3.05) is 0 Å². The van der Waals surface area contributed by atoms with Gasteiger partial charge in [-0.05, 0) is 29.8 Å². The summed E-state index contributed by atoms with van der Waals surface area (Å²) < 4.78 is 1.43. The summed E-state index contributed by atoms with van der Waals surface area (Å²) in [5.41, 5.74) is 1.19. The number of nitrogens with zero attached hydrogens (tertiary/aromatic N) is 2. The Hall–Kier alpha value is -2.75. The molecule has 4 nitrogen and oxygen atoms in total. The fraction of sp³-hybridized carbons (Fsp3) is 0.0625. The fourth-order valence-corrected chi connectivity index (χ4v) is 2.31. The lowest BCUT2D eigenvalue weighted by Crippen LogP contribution is -2.11. The fourth-order valence-electron chi connectivity index (χ4n) is 2.31. The molecule has 0 fully saturated rings. The van der Waals surface area contributed by atoms with E-state index >= 15 is 0 Å². The second-order valence-corrected chi connectivity index (χ2v) is 4.54. The van der Waals surface area contributed by atoms with E-state index in [9.17, 15) is 9.59 Å². The van der Waals surface area contributed by atoms with E-state index in [0.29, 0.717) is 11.1 Å². The molecule has 0 saturated carbocycles. The second-order valence-electron chi connectivity index (χ2n) is 4.54. The van der Waals surface area contributed by atoms with E-state index in [1.54, 1.807) is 24.5 Å². The number of Topliss-reactive ketones (excluding diaryl/α,β-unsaturated/α-hetero) is 1. The number of aromatic nitrogens is 2. The third-order valence-electron chi connectivity index (χ3n) is 3.27. The molecule has 2 aromatic carbocycles. The Bertz CT molecular complexity index is 804. The summed E-state index contributed by atoms with van der Waals surface area (Å²) in [4.78, 5) is 28.0. The molecule has 0 N–H and O–H groups in total. The molecule has 0 aliphatic carbocycles. The number of benzene rings is 2. The van der Waals surface area contributed by atoms with Gasteiger partial charge in [0.25, 0.3) is 5.91 Å². The summed E-state index contributed by atoms with van der Waals surface area (Å²) in [6, 6.07) is 10.8. The highest BCUT2D eigenvalue weighted by Gasteiger charge is 2.14. The predicted molar refractivity (Wildman–Crippen MR) is 75.9 cm³/mol. The SMILES string of the molecule is CC(=O)c1ccc(C(=O)n2ccnc2)c2ccccc12. The summed E-state index contributed by atoms with van der Waals surface area (Å²) in [5, 5.41) is 1.57. The normalized spacial score (nSPS) is 10.7. The predicted octanol–water partition coefficient (Wildman–Crippen LogP) is 2.93. The first kappa shape index (κ1) is 12.3. The Morgan fingerprint density at radius 2 is 1.65 bits per heavy atom. The maximum absolute atomic E-state index is 12.4. The number of fused-ring (bicyclic) bond motifs is 1. The lowest BCUT2D eigenvalue weighted by atomic mass is 9.97. The van der Waals surface area contributed by atoms with Crippen LogP contribution in [0.5, 0.6) is 0 Å². The van der Waals surface area contributed by atoms with Gasteiger partial charge in [0.1, 0.15) is 6.33 Å². The van der Waals surface area contributed by atoms with Crippen LogP contribution in [-0.2, 0) is 0 Å². The second kappa shape index (κ2) is 4.74. The number of imidazole rings is 1. The van der Waals surface area contributed by atoms with Gasteiger partial charge < -0.3 is 0 Å². The van der Waals surface area contributed by atoms with Crippen molar-refractivity contribution in [1.29, 1.82) is 0 Å². The van der Waals surface area contributed by atoms with E-state index in [1.165, 1.54) is 17.8 Å². The highest BCUT2D eigenvalue weighted by Crippen LogP contribution is 2.24. The van der Waals surface area contributed by atoms with Gasteiger partial charge in [-0.3, -0.25) is 14.2 Å². The first-order chi connectivity index (χ1) is 9.68. The molecule has 0 amide bonds. The Kier molecular flexibility index (Phi) is 2.91. The van der Waals surface area contributed by atoms with E-state index in [2.05, 4.69) is 4.98 Å². The van der Waals surface area contributed by atoms with E-state index < -0.39 is 0 Å². The van der Waals surface area contributed by atoms with Crippen LogP contribution in [0.3, 0.4) is 0 Å². The van der Waals surface area contributed by atoms with Crippen molar-refractivity contribution in [3.05, 3.63) is 66.2 Å².